The third-order valence-corrected chi connectivity index (χ3v) is 8.43. The van der Waals surface area contributed by atoms with Crippen molar-refractivity contribution >= 4 is 17.8 Å². The Kier molecular flexibility index (Phi) is 8.33. The lowest BCUT2D eigenvalue weighted by molar-refractivity contribution is -0.159. The van der Waals surface area contributed by atoms with Crippen molar-refractivity contribution in [3.8, 4) is 0 Å². The Morgan fingerprint density at radius 2 is 1.66 bits per heavy atom. The van der Waals surface area contributed by atoms with Crippen LogP contribution in [0.1, 0.15) is 78.0 Å². The number of carbonyl (C=O) groups excluding carboxylic acids is 3. The minimum absolute atomic E-state index is 0.0667. The summed E-state index contributed by atoms with van der Waals surface area (Å²) >= 11 is 0. The quantitative estimate of drug-likeness (QED) is 0.330. The number of piperidine rings is 1. The van der Waals surface area contributed by atoms with Crippen molar-refractivity contribution in [3.05, 3.63) is 94.6 Å². The summed E-state index contributed by atoms with van der Waals surface area (Å²) in [5, 5.41) is 0. The molecule has 2 aromatic rings. The molecule has 3 atom stereocenters. The summed E-state index contributed by atoms with van der Waals surface area (Å²) in [6.45, 7) is -0.552. The van der Waals surface area contributed by atoms with E-state index < -0.39 is 48.1 Å². The van der Waals surface area contributed by atoms with Crippen molar-refractivity contribution in [3.63, 3.8) is 0 Å². The Morgan fingerprint density at radius 3 is 2.32 bits per heavy atom. The second-order valence-electron chi connectivity index (χ2n) is 10.9. The van der Waals surface area contributed by atoms with Crippen LogP contribution in [0.2, 0.25) is 0 Å². The first-order valence-corrected chi connectivity index (χ1v) is 14.1. The lowest BCUT2D eigenvalue weighted by Crippen LogP contribution is -2.55. The molecule has 6 nitrogen and oxygen atoms in total. The smallest absolute Gasteiger partial charge is 0.416 e. The number of allylic oxidation sites excluding steroid dienone is 3. The van der Waals surface area contributed by atoms with Gasteiger partial charge in [0.2, 0.25) is 11.8 Å². The summed E-state index contributed by atoms with van der Waals surface area (Å²) in [7, 11) is 0. The van der Waals surface area contributed by atoms with E-state index in [0.717, 1.165) is 44.6 Å². The number of halogens is 3. The highest BCUT2D eigenvalue weighted by Crippen LogP contribution is 2.48. The molecule has 0 bridgehead atoms. The molecule has 2 aromatic carbocycles. The van der Waals surface area contributed by atoms with Crippen LogP contribution in [0.3, 0.4) is 0 Å². The number of amides is 2. The Balaban J connectivity index is 1.56. The third-order valence-electron chi connectivity index (χ3n) is 8.43. The molecule has 216 valence electrons. The number of fused-ring (bicyclic) bond motifs is 1. The van der Waals surface area contributed by atoms with Gasteiger partial charge in [0, 0.05) is 17.2 Å². The van der Waals surface area contributed by atoms with Gasteiger partial charge < -0.3 is 15.4 Å². The van der Waals surface area contributed by atoms with E-state index >= 15 is 0 Å². The Bertz CT molecular complexity index is 1360. The number of hydrogen-bond acceptors (Lipinski definition) is 4. The zero-order valence-corrected chi connectivity index (χ0v) is 22.6. The predicted molar refractivity (Wildman–Crippen MR) is 146 cm³/mol. The van der Waals surface area contributed by atoms with Gasteiger partial charge in [0.05, 0.1) is 17.5 Å². The lowest BCUT2D eigenvalue weighted by atomic mass is 9.71. The largest absolute Gasteiger partial charge is 0.460 e. The van der Waals surface area contributed by atoms with Crippen molar-refractivity contribution in [1.29, 1.82) is 0 Å². The number of likely N-dealkylation sites (tertiary alicyclic amines) is 1. The number of ether oxygens (including phenoxy) is 1. The maximum atomic E-state index is 14.1. The first-order chi connectivity index (χ1) is 19.7. The van der Waals surface area contributed by atoms with Gasteiger partial charge in [0.15, 0.2) is 0 Å². The molecule has 9 heteroatoms. The zero-order valence-electron chi connectivity index (χ0n) is 22.6. The number of rotatable bonds is 6. The highest BCUT2D eigenvalue weighted by atomic mass is 19.4. The van der Waals surface area contributed by atoms with Gasteiger partial charge in [0.25, 0.3) is 0 Å². The molecule has 1 aliphatic heterocycles. The maximum Gasteiger partial charge on any atom is 0.416 e. The van der Waals surface area contributed by atoms with Crippen LogP contribution in [-0.2, 0) is 27.1 Å². The van der Waals surface area contributed by atoms with Crippen LogP contribution < -0.4 is 5.73 Å². The summed E-state index contributed by atoms with van der Waals surface area (Å²) in [5.41, 5.74) is 5.98. The number of nitrogens with two attached hydrogens (primary N) is 1. The van der Waals surface area contributed by atoms with Gasteiger partial charge in [-0.3, -0.25) is 14.4 Å². The van der Waals surface area contributed by atoms with Crippen molar-refractivity contribution in [1.82, 2.24) is 4.90 Å². The molecule has 1 saturated carbocycles. The summed E-state index contributed by atoms with van der Waals surface area (Å²) in [6, 6.07) is 10.7. The first-order valence-electron chi connectivity index (χ1n) is 14.1. The molecule has 3 aliphatic rings. The molecular weight excluding hydrogens is 533 g/mol. The molecule has 2 N–H and O–H groups in total. The molecule has 0 spiro atoms. The fourth-order valence-electron chi connectivity index (χ4n) is 6.44. The van der Waals surface area contributed by atoms with Crippen LogP contribution in [-0.4, -0.2) is 28.7 Å². The molecule has 2 amide bonds. The molecule has 3 unspecified atom stereocenters. The van der Waals surface area contributed by atoms with Crippen LogP contribution in [0.4, 0.5) is 13.2 Å². The second-order valence-corrected chi connectivity index (χ2v) is 10.9. The fraction of sp³-hybridized carbons (Fsp3) is 0.406. The molecule has 2 fully saturated rings. The number of alkyl halides is 3. The van der Waals surface area contributed by atoms with Crippen LogP contribution in [0, 0.1) is 11.8 Å². The molecular formula is C32H33F3N2O4. The average Bonchev–Trinajstić information content (AvgIpc) is 3.25. The standard InChI is InChI=1S/C32H33F3N2O4/c33-32(34,35)26-14-8-5-9-22(26)19-41-31(40)27-24-12-6-7-13-25(24)30(39)37(23-10-3-1-2-4-11-23)28(27)20-15-17-21(18-16-20)29(36)38/h5-9,12,14-18,23,25,27-28H,1-4,10-11,13,19H2,(H2,36,38). The molecule has 0 aromatic heterocycles. The van der Waals surface area contributed by atoms with Gasteiger partial charge in [-0.15, -0.1) is 0 Å². The third kappa shape index (κ3) is 5.94. The number of esters is 1. The van der Waals surface area contributed by atoms with Crippen molar-refractivity contribution < 1.29 is 32.3 Å². The normalized spacial score (nSPS) is 23.4. The molecule has 1 heterocycles. The van der Waals surface area contributed by atoms with Crippen molar-refractivity contribution in [2.24, 2.45) is 17.6 Å². The van der Waals surface area contributed by atoms with Gasteiger partial charge >= 0.3 is 12.1 Å². The van der Waals surface area contributed by atoms with Crippen LogP contribution >= 0.6 is 0 Å². The van der Waals surface area contributed by atoms with E-state index in [1.54, 1.807) is 36.4 Å². The monoisotopic (exact) mass is 566 g/mol. The first kappa shape index (κ1) is 28.6. The molecule has 5 rings (SSSR count). The van der Waals surface area contributed by atoms with Crippen molar-refractivity contribution in [2.75, 3.05) is 0 Å². The van der Waals surface area contributed by atoms with Gasteiger partial charge in [-0.25, -0.2) is 0 Å². The van der Waals surface area contributed by atoms with Gasteiger partial charge in [-0.2, -0.15) is 13.2 Å². The summed E-state index contributed by atoms with van der Waals surface area (Å²) in [6.07, 6.45) is 6.93. The zero-order chi connectivity index (χ0) is 29.1. The Hall–Kier alpha value is -3.88. The summed E-state index contributed by atoms with van der Waals surface area (Å²) in [5.74, 6) is -2.84. The predicted octanol–water partition coefficient (Wildman–Crippen LogP) is 6.27. The van der Waals surface area contributed by atoms with E-state index in [1.807, 2.05) is 11.0 Å². The SMILES string of the molecule is NC(=O)c1ccc(C2C(C(=O)OCc3ccccc3C(F)(F)F)C3=CC=CCC3C(=O)N2C2CCCCCC2)cc1. The lowest BCUT2D eigenvalue weighted by Gasteiger charge is -2.49. The Labute approximate surface area is 237 Å². The summed E-state index contributed by atoms with van der Waals surface area (Å²) in [4.78, 5) is 41.7. The molecule has 0 radical (unpaired) electrons. The number of nitrogens with zero attached hydrogens (tertiary/aromatic N) is 1. The highest BCUT2D eigenvalue weighted by Gasteiger charge is 2.51. The molecule has 1 saturated heterocycles. The molecule has 41 heavy (non-hydrogen) atoms. The van der Waals surface area contributed by atoms with Crippen LogP contribution in [0.5, 0.6) is 0 Å². The van der Waals surface area contributed by atoms with Gasteiger partial charge in [0.1, 0.15) is 12.5 Å². The topological polar surface area (TPSA) is 89.7 Å². The molecule has 2 aliphatic carbocycles. The Morgan fingerprint density at radius 1 is 0.976 bits per heavy atom. The van der Waals surface area contributed by atoms with E-state index in [9.17, 15) is 27.6 Å². The van der Waals surface area contributed by atoms with Crippen LogP contribution in [0.25, 0.3) is 0 Å². The summed E-state index contributed by atoms with van der Waals surface area (Å²) < 4.78 is 46.5. The van der Waals surface area contributed by atoms with Gasteiger partial charge in [-0.05, 0) is 48.6 Å². The maximum absolute atomic E-state index is 14.1. The van der Waals surface area contributed by atoms with Crippen LogP contribution in [0.15, 0.2) is 72.3 Å². The highest BCUT2D eigenvalue weighted by molar-refractivity contribution is 5.93. The fourth-order valence-corrected chi connectivity index (χ4v) is 6.44. The minimum Gasteiger partial charge on any atom is -0.460 e. The van der Waals surface area contributed by atoms with Crippen molar-refractivity contribution in [2.45, 2.75) is 69.8 Å². The van der Waals surface area contributed by atoms with E-state index in [0.29, 0.717) is 17.6 Å². The number of primary amides is 1. The number of carbonyl (C=O) groups is 3. The number of hydrogen-bond donors (Lipinski definition) is 1. The van der Waals surface area contributed by atoms with Gasteiger partial charge in [-0.1, -0.05) is 74.2 Å². The second kappa shape index (κ2) is 11.9. The van der Waals surface area contributed by atoms with E-state index in [2.05, 4.69) is 0 Å². The number of benzene rings is 2. The van der Waals surface area contributed by atoms with E-state index in [1.165, 1.54) is 18.2 Å². The minimum atomic E-state index is -4.59. The van der Waals surface area contributed by atoms with E-state index in [-0.39, 0.29) is 23.1 Å². The van der Waals surface area contributed by atoms with E-state index in [4.69, 9.17) is 10.5 Å². The average molecular weight is 567 g/mol.